The lowest BCUT2D eigenvalue weighted by Crippen LogP contribution is -2.50. The predicted molar refractivity (Wildman–Crippen MR) is 133 cm³/mol. The van der Waals surface area contributed by atoms with Gasteiger partial charge in [0.05, 0.1) is 0 Å². The maximum Gasteiger partial charge on any atom is 0.0459 e. The van der Waals surface area contributed by atoms with Crippen LogP contribution in [0.15, 0.2) is 11.6 Å². The average Bonchev–Trinajstić information content (AvgIpc) is 3.11. The summed E-state index contributed by atoms with van der Waals surface area (Å²) in [6.07, 6.45) is 18.3. The second kappa shape index (κ2) is 9.15. The van der Waals surface area contributed by atoms with Gasteiger partial charge in [-0.25, -0.2) is 0 Å². The van der Waals surface area contributed by atoms with E-state index in [-0.39, 0.29) is 0 Å². The molecule has 0 spiro atoms. The molecule has 0 aromatic carbocycles. The van der Waals surface area contributed by atoms with Gasteiger partial charge in [-0.05, 0) is 103 Å². The van der Waals surface area contributed by atoms with E-state index in [0.29, 0.717) is 29.3 Å². The average molecular weight is 429 g/mol. The molecule has 5 unspecified atom stereocenters. The number of hydrogen-bond donors (Lipinski definition) is 1. The third-order valence-corrected chi connectivity index (χ3v) is 11.8. The van der Waals surface area contributed by atoms with E-state index in [1.807, 2.05) is 5.57 Å². The van der Waals surface area contributed by atoms with Crippen molar-refractivity contribution in [3.8, 4) is 0 Å². The van der Waals surface area contributed by atoms with Crippen molar-refractivity contribution in [1.82, 2.24) is 0 Å². The van der Waals surface area contributed by atoms with E-state index in [4.69, 9.17) is 0 Å². The molecular weight excluding hydrogens is 376 g/mol. The zero-order valence-corrected chi connectivity index (χ0v) is 21.6. The van der Waals surface area contributed by atoms with Crippen molar-refractivity contribution >= 4 is 0 Å². The van der Waals surface area contributed by atoms with Gasteiger partial charge in [-0.3, -0.25) is 0 Å². The molecule has 4 rings (SSSR count). The van der Waals surface area contributed by atoms with Crippen LogP contribution >= 0.6 is 0 Å². The van der Waals surface area contributed by atoms with E-state index < -0.39 is 0 Å². The van der Waals surface area contributed by atoms with Crippen LogP contribution in [0.3, 0.4) is 0 Å². The summed E-state index contributed by atoms with van der Waals surface area (Å²) in [6, 6.07) is 0. The Labute approximate surface area is 193 Å². The lowest BCUT2D eigenvalue weighted by Gasteiger charge is -2.58. The standard InChI is InChI=1S/C30H52O/c1-7-23(22(4)19-31)11-10-21(3)26-14-15-27-24-12-13-25-20(2)9-8-17-29(25,5)28(24)16-18-30(26,27)6/h12,20-23,25-28,31H,7-11,13-19H2,1-6H3/t20?,21?,22?,23?,25?,26-,27+,28+,29+,30-/m1/s1. The molecule has 0 radical (unpaired) electrons. The highest BCUT2D eigenvalue weighted by Crippen LogP contribution is 2.67. The van der Waals surface area contributed by atoms with Crippen molar-refractivity contribution in [2.45, 2.75) is 112 Å². The molecule has 0 aliphatic heterocycles. The lowest BCUT2D eigenvalue weighted by molar-refractivity contribution is -0.0288. The molecule has 0 bridgehead atoms. The van der Waals surface area contributed by atoms with Gasteiger partial charge in [-0.1, -0.05) is 78.9 Å². The third kappa shape index (κ3) is 3.98. The van der Waals surface area contributed by atoms with Gasteiger partial charge >= 0.3 is 0 Å². The molecule has 178 valence electrons. The summed E-state index contributed by atoms with van der Waals surface area (Å²) in [7, 11) is 0. The minimum absolute atomic E-state index is 0.351. The molecule has 4 aliphatic carbocycles. The van der Waals surface area contributed by atoms with Crippen LogP contribution in [-0.2, 0) is 0 Å². The molecule has 1 N–H and O–H groups in total. The van der Waals surface area contributed by atoms with Crippen LogP contribution in [0, 0.1) is 58.2 Å². The number of allylic oxidation sites excluding steroid dienone is 2. The van der Waals surface area contributed by atoms with Gasteiger partial charge in [-0.2, -0.15) is 0 Å². The van der Waals surface area contributed by atoms with E-state index in [2.05, 4.69) is 47.6 Å². The smallest absolute Gasteiger partial charge is 0.0459 e. The van der Waals surface area contributed by atoms with Gasteiger partial charge in [0, 0.05) is 6.61 Å². The highest BCUT2D eigenvalue weighted by molar-refractivity contribution is 5.27. The molecule has 10 atom stereocenters. The fraction of sp³-hybridized carbons (Fsp3) is 0.933. The van der Waals surface area contributed by atoms with E-state index in [0.717, 1.165) is 35.5 Å². The Bertz CT molecular complexity index is 651. The van der Waals surface area contributed by atoms with Gasteiger partial charge in [0.25, 0.3) is 0 Å². The minimum Gasteiger partial charge on any atom is -0.396 e. The van der Waals surface area contributed by atoms with Crippen molar-refractivity contribution < 1.29 is 5.11 Å². The molecule has 1 heteroatoms. The van der Waals surface area contributed by atoms with Gasteiger partial charge in [0.1, 0.15) is 0 Å². The number of fused-ring (bicyclic) bond motifs is 5. The summed E-state index contributed by atoms with van der Waals surface area (Å²) in [5.74, 6) is 6.50. The monoisotopic (exact) mass is 428 g/mol. The Morgan fingerprint density at radius 2 is 1.74 bits per heavy atom. The third-order valence-electron chi connectivity index (χ3n) is 11.8. The number of aliphatic hydroxyl groups is 1. The van der Waals surface area contributed by atoms with Crippen LogP contribution in [0.2, 0.25) is 0 Å². The number of aliphatic hydroxyl groups excluding tert-OH is 1. The van der Waals surface area contributed by atoms with Crippen LogP contribution in [0.1, 0.15) is 112 Å². The van der Waals surface area contributed by atoms with Gasteiger partial charge in [0.15, 0.2) is 0 Å². The predicted octanol–water partition coefficient (Wildman–Crippen LogP) is 8.27. The first-order valence-corrected chi connectivity index (χ1v) is 14.1. The normalized spacial score (nSPS) is 45.1. The SMILES string of the molecule is CCC(CCC(C)[C@H]1CC[C@H]2C3=CCC4C(C)CCC[C@]4(C)[C@H]3CC[C@]12C)C(C)CO. The Morgan fingerprint density at radius 3 is 2.45 bits per heavy atom. The lowest BCUT2D eigenvalue weighted by atomic mass is 9.46. The Kier molecular flexibility index (Phi) is 7.04. The maximum atomic E-state index is 9.63. The first-order valence-electron chi connectivity index (χ1n) is 14.1. The van der Waals surface area contributed by atoms with Crippen LogP contribution in [0.25, 0.3) is 0 Å². The summed E-state index contributed by atoms with van der Waals surface area (Å²) < 4.78 is 0. The second-order valence-electron chi connectivity index (χ2n) is 13.1. The van der Waals surface area contributed by atoms with Crippen LogP contribution < -0.4 is 0 Å². The van der Waals surface area contributed by atoms with Crippen molar-refractivity contribution in [2.24, 2.45) is 58.2 Å². The molecule has 4 aliphatic rings. The largest absolute Gasteiger partial charge is 0.396 e. The highest BCUT2D eigenvalue weighted by atomic mass is 16.3. The topological polar surface area (TPSA) is 20.2 Å². The molecule has 0 saturated heterocycles. The van der Waals surface area contributed by atoms with Gasteiger partial charge in [-0.15, -0.1) is 0 Å². The number of rotatable bonds is 7. The first-order chi connectivity index (χ1) is 14.8. The summed E-state index contributed by atoms with van der Waals surface area (Å²) in [4.78, 5) is 0. The zero-order chi connectivity index (χ0) is 22.4. The quantitative estimate of drug-likeness (QED) is 0.404. The van der Waals surface area contributed by atoms with Crippen molar-refractivity contribution in [3.05, 3.63) is 11.6 Å². The van der Waals surface area contributed by atoms with Gasteiger partial charge in [0.2, 0.25) is 0 Å². The molecule has 3 fully saturated rings. The molecule has 1 nitrogen and oxygen atoms in total. The summed E-state index contributed by atoms with van der Waals surface area (Å²) in [5, 5.41) is 9.63. The van der Waals surface area contributed by atoms with E-state index in [1.54, 1.807) is 0 Å². The Morgan fingerprint density at radius 1 is 1.00 bits per heavy atom. The van der Waals surface area contributed by atoms with Gasteiger partial charge < -0.3 is 5.11 Å². The van der Waals surface area contributed by atoms with Crippen LogP contribution in [0.4, 0.5) is 0 Å². The minimum atomic E-state index is 0.351. The van der Waals surface area contributed by atoms with E-state index >= 15 is 0 Å². The summed E-state index contributed by atoms with van der Waals surface area (Å²) in [6.45, 7) is 15.4. The fourth-order valence-corrected chi connectivity index (χ4v) is 9.72. The second-order valence-corrected chi connectivity index (χ2v) is 13.1. The number of hydrogen-bond acceptors (Lipinski definition) is 1. The molecular formula is C30H52O. The fourth-order valence-electron chi connectivity index (χ4n) is 9.72. The molecule has 0 aromatic rings. The van der Waals surface area contributed by atoms with Crippen molar-refractivity contribution in [3.63, 3.8) is 0 Å². The van der Waals surface area contributed by atoms with Crippen LogP contribution in [0.5, 0.6) is 0 Å². The molecule has 31 heavy (non-hydrogen) atoms. The Hall–Kier alpha value is -0.300. The zero-order valence-electron chi connectivity index (χ0n) is 21.6. The van der Waals surface area contributed by atoms with E-state index in [9.17, 15) is 5.11 Å². The first kappa shape index (κ1) is 23.8. The van der Waals surface area contributed by atoms with Crippen molar-refractivity contribution in [1.29, 1.82) is 0 Å². The molecule has 0 amide bonds. The van der Waals surface area contributed by atoms with Crippen molar-refractivity contribution in [2.75, 3.05) is 6.61 Å². The highest BCUT2D eigenvalue weighted by Gasteiger charge is 2.58. The molecule has 3 saturated carbocycles. The van der Waals surface area contributed by atoms with E-state index in [1.165, 1.54) is 70.6 Å². The molecule has 0 heterocycles. The summed E-state index contributed by atoms with van der Waals surface area (Å²) >= 11 is 0. The maximum absolute atomic E-state index is 9.63. The summed E-state index contributed by atoms with van der Waals surface area (Å²) in [5.41, 5.74) is 3.05. The Balaban J connectivity index is 1.48. The van der Waals surface area contributed by atoms with Crippen LogP contribution in [-0.4, -0.2) is 11.7 Å². The molecule has 0 aromatic heterocycles.